The zero-order chi connectivity index (χ0) is 25.1. The van der Waals surface area contributed by atoms with Gasteiger partial charge in [0.2, 0.25) is 0 Å². The number of nitrogens with zero attached hydrogens (tertiary/aromatic N) is 2. The van der Waals surface area contributed by atoms with Gasteiger partial charge in [0.05, 0.1) is 19.3 Å². The SMILES string of the molecule is COC(=O)[C@@H]1C[C@@H](O)CN1C/C=C1/CN(C(C(=O)C2CC2)c2ccccc2F)CCC1SC(C)=O.Cl.Cl. The highest BCUT2D eigenvalue weighted by Crippen LogP contribution is 2.40. The lowest BCUT2D eigenvalue weighted by Crippen LogP contribution is -2.44. The van der Waals surface area contributed by atoms with Crippen molar-refractivity contribution in [3.05, 3.63) is 47.3 Å². The average molecular weight is 578 g/mol. The number of benzene rings is 1. The number of piperidine rings is 1. The Morgan fingerprint density at radius 2 is 1.92 bits per heavy atom. The van der Waals surface area contributed by atoms with Crippen molar-refractivity contribution >= 4 is 53.4 Å². The molecule has 2 saturated heterocycles. The number of likely N-dealkylation sites (tertiary alicyclic amines) is 2. The number of thioether (sulfide) groups is 1. The summed E-state index contributed by atoms with van der Waals surface area (Å²) in [5.41, 5.74) is 1.38. The second-order valence-electron chi connectivity index (χ2n) is 9.62. The van der Waals surface area contributed by atoms with E-state index in [0.717, 1.165) is 18.4 Å². The third-order valence-electron chi connectivity index (χ3n) is 7.04. The predicted octanol–water partition coefficient (Wildman–Crippen LogP) is 3.58. The third-order valence-corrected chi connectivity index (χ3v) is 8.20. The van der Waals surface area contributed by atoms with Crippen molar-refractivity contribution in [1.29, 1.82) is 0 Å². The van der Waals surface area contributed by atoms with Gasteiger partial charge in [-0.3, -0.25) is 24.2 Å². The standard InChI is InChI=1S/C26H33FN2O5S.2ClH/c1-16(30)35-23-10-12-29(24(25(32)17-7-8-17)20-5-3-4-6-21(20)27)14-18(23)9-11-28-15-19(31)13-22(28)26(33)34-2;;/h3-6,9,17,19,22-24,31H,7-8,10-15H2,1-2H3;2*1H/b18-9-;;/t19-,22+,23?,24?;;/m1../s1. The number of aliphatic hydroxyl groups is 1. The zero-order valence-electron chi connectivity index (χ0n) is 21.0. The fourth-order valence-corrected chi connectivity index (χ4v) is 6.10. The average Bonchev–Trinajstić information content (AvgIpc) is 3.61. The van der Waals surface area contributed by atoms with Gasteiger partial charge in [-0.05, 0) is 30.9 Å². The van der Waals surface area contributed by atoms with Crippen molar-refractivity contribution in [2.45, 2.75) is 56.0 Å². The molecule has 2 heterocycles. The first-order valence-corrected chi connectivity index (χ1v) is 13.0. The molecule has 4 rings (SSSR count). The second kappa shape index (κ2) is 14.1. The van der Waals surface area contributed by atoms with Crippen LogP contribution in [-0.2, 0) is 19.1 Å². The highest BCUT2D eigenvalue weighted by molar-refractivity contribution is 8.14. The Morgan fingerprint density at radius 3 is 2.54 bits per heavy atom. The summed E-state index contributed by atoms with van der Waals surface area (Å²) in [5, 5.41) is 10.1. The van der Waals surface area contributed by atoms with Gasteiger partial charge in [-0.15, -0.1) is 24.8 Å². The van der Waals surface area contributed by atoms with Gasteiger partial charge in [0.15, 0.2) is 10.9 Å². The van der Waals surface area contributed by atoms with Crippen LogP contribution in [0, 0.1) is 11.7 Å². The molecule has 3 aliphatic rings. The summed E-state index contributed by atoms with van der Waals surface area (Å²) in [7, 11) is 1.34. The lowest BCUT2D eigenvalue weighted by atomic mass is 9.93. The lowest BCUT2D eigenvalue weighted by molar-refractivity contribution is -0.145. The molecule has 2 aliphatic heterocycles. The minimum atomic E-state index is -0.660. The Labute approximate surface area is 234 Å². The number of esters is 1. The molecule has 0 bridgehead atoms. The number of methoxy groups -OCH3 is 1. The summed E-state index contributed by atoms with van der Waals surface area (Å²) in [6.07, 6.45) is 4.05. The largest absolute Gasteiger partial charge is 0.468 e. The number of hydrogen-bond acceptors (Lipinski definition) is 8. The molecule has 1 N–H and O–H groups in total. The van der Waals surface area contributed by atoms with E-state index < -0.39 is 18.2 Å². The summed E-state index contributed by atoms with van der Waals surface area (Å²) >= 11 is 1.27. The predicted molar refractivity (Wildman–Crippen MR) is 146 cm³/mol. The number of carbonyl (C=O) groups is 3. The summed E-state index contributed by atoms with van der Waals surface area (Å²) < 4.78 is 19.7. The molecular weight excluding hydrogens is 542 g/mol. The Morgan fingerprint density at radius 1 is 1.22 bits per heavy atom. The number of β-amino-alcohol motifs (C(OH)–C–C–N with tert-alkyl or cyclic N) is 1. The molecule has 2 unspecified atom stereocenters. The second-order valence-corrected chi connectivity index (χ2v) is 11.0. The number of aliphatic hydroxyl groups excluding tert-OH is 1. The first-order valence-electron chi connectivity index (χ1n) is 12.2. The van der Waals surface area contributed by atoms with Gasteiger partial charge in [0.25, 0.3) is 0 Å². The molecule has 1 aliphatic carbocycles. The van der Waals surface area contributed by atoms with E-state index in [9.17, 15) is 23.9 Å². The van der Waals surface area contributed by atoms with Gasteiger partial charge in [0.1, 0.15) is 11.9 Å². The van der Waals surface area contributed by atoms with Crippen LogP contribution in [0.4, 0.5) is 4.39 Å². The van der Waals surface area contributed by atoms with Crippen LogP contribution < -0.4 is 0 Å². The van der Waals surface area contributed by atoms with Crippen LogP contribution in [0.25, 0.3) is 0 Å². The van der Waals surface area contributed by atoms with Crippen LogP contribution in [0.15, 0.2) is 35.9 Å². The number of rotatable bonds is 8. The monoisotopic (exact) mass is 576 g/mol. The van der Waals surface area contributed by atoms with E-state index in [0.29, 0.717) is 44.6 Å². The molecular formula is C26H35Cl2FN2O5S. The molecule has 7 nitrogen and oxygen atoms in total. The van der Waals surface area contributed by atoms with Crippen molar-refractivity contribution in [3.63, 3.8) is 0 Å². The first-order chi connectivity index (χ1) is 16.8. The fraction of sp³-hybridized carbons (Fsp3) is 0.577. The molecule has 1 aromatic rings. The number of ether oxygens (including phenoxy) is 1. The van der Waals surface area contributed by atoms with E-state index in [1.54, 1.807) is 18.2 Å². The molecule has 206 valence electrons. The maximum atomic E-state index is 14.8. The summed E-state index contributed by atoms with van der Waals surface area (Å²) in [6.45, 7) is 3.32. The number of carbonyl (C=O) groups excluding carboxylic acids is 3. The number of hydrogen-bond donors (Lipinski definition) is 1. The minimum absolute atomic E-state index is 0. The molecule has 37 heavy (non-hydrogen) atoms. The Kier molecular flexibility index (Phi) is 12.1. The Bertz CT molecular complexity index is 1010. The maximum Gasteiger partial charge on any atom is 0.323 e. The van der Waals surface area contributed by atoms with Crippen molar-refractivity contribution in [2.24, 2.45) is 5.92 Å². The molecule has 1 saturated carbocycles. The smallest absolute Gasteiger partial charge is 0.323 e. The van der Waals surface area contributed by atoms with Crippen molar-refractivity contribution < 1.29 is 28.6 Å². The fourth-order valence-electron chi connectivity index (χ4n) is 5.15. The quantitative estimate of drug-likeness (QED) is 0.371. The van der Waals surface area contributed by atoms with Crippen molar-refractivity contribution in [2.75, 3.05) is 33.3 Å². The Balaban J connectivity index is 0.00000241. The first kappa shape index (κ1) is 31.7. The number of ketones is 1. The van der Waals surface area contributed by atoms with E-state index in [2.05, 4.69) is 0 Å². The van der Waals surface area contributed by atoms with E-state index in [-0.39, 0.29) is 58.7 Å². The van der Waals surface area contributed by atoms with Crippen LogP contribution in [0.2, 0.25) is 0 Å². The highest BCUT2D eigenvalue weighted by Gasteiger charge is 2.42. The number of halogens is 3. The molecule has 0 amide bonds. The molecule has 11 heteroatoms. The van der Waals surface area contributed by atoms with Crippen molar-refractivity contribution in [1.82, 2.24) is 9.80 Å². The summed E-state index contributed by atoms with van der Waals surface area (Å²) in [5.74, 6) is -0.734. The van der Waals surface area contributed by atoms with Gasteiger partial charge in [-0.25, -0.2) is 4.39 Å². The summed E-state index contributed by atoms with van der Waals surface area (Å²) in [4.78, 5) is 41.3. The molecule has 0 spiro atoms. The Hall–Kier alpha value is -1.49. The molecule has 4 atom stereocenters. The van der Waals surface area contributed by atoms with Crippen LogP contribution in [-0.4, -0.2) is 82.5 Å². The molecule has 3 fully saturated rings. The van der Waals surface area contributed by atoms with Gasteiger partial charge in [0, 0.05) is 56.3 Å². The van der Waals surface area contributed by atoms with E-state index in [1.807, 2.05) is 15.9 Å². The maximum absolute atomic E-state index is 14.8. The van der Waals surface area contributed by atoms with Crippen LogP contribution in [0.1, 0.15) is 44.2 Å². The van der Waals surface area contributed by atoms with Gasteiger partial charge >= 0.3 is 5.97 Å². The molecule has 0 aromatic heterocycles. The molecule has 0 radical (unpaired) electrons. The van der Waals surface area contributed by atoms with Crippen LogP contribution in [0.5, 0.6) is 0 Å². The topological polar surface area (TPSA) is 87.2 Å². The van der Waals surface area contributed by atoms with Gasteiger partial charge in [-0.1, -0.05) is 36.0 Å². The van der Waals surface area contributed by atoms with Crippen LogP contribution >= 0.6 is 36.6 Å². The highest BCUT2D eigenvalue weighted by atomic mass is 35.5. The normalized spacial score (nSPS) is 26.2. The van der Waals surface area contributed by atoms with Crippen LogP contribution in [0.3, 0.4) is 0 Å². The van der Waals surface area contributed by atoms with Gasteiger partial charge in [-0.2, -0.15) is 0 Å². The van der Waals surface area contributed by atoms with Crippen molar-refractivity contribution in [3.8, 4) is 0 Å². The third kappa shape index (κ3) is 7.77. The van der Waals surface area contributed by atoms with Gasteiger partial charge < -0.3 is 9.84 Å². The van der Waals surface area contributed by atoms with E-state index in [1.165, 1.54) is 31.9 Å². The molecule has 1 aromatic carbocycles. The van der Waals surface area contributed by atoms with E-state index in [4.69, 9.17) is 4.74 Å². The van der Waals surface area contributed by atoms with E-state index >= 15 is 0 Å². The number of Topliss-reactive ketones (excluding diaryl/α,β-unsaturated/α-hetero) is 1. The zero-order valence-corrected chi connectivity index (χ0v) is 23.5. The minimum Gasteiger partial charge on any atom is -0.468 e. The summed E-state index contributed by atoms with van der Waals surface area (Å²) in [6, 6.07) is 5.28. The lowest BCUT2D eigenvalue weighted by Gasteiger charge is -2.39.